The molecule has 0 radical (unpaired) electrons. The molecule has 0 aromatic heterocycles. The first kappa shape index (κ1) is 11.4. The Morgan fingerprint density at radius 1 is 1.57 bits per heavy atom. The van der Waals surface area contributed by atoms with Crippen LogP contribution in [0.3, 0.4) is 0 Å². The molecule has 1 saturated carbocycles. The number of amides is 1. The van der Waals surface area contributed by atoms with Crippen LogP contribution in [0.5, 0.6) is 0 Å². The Kier molecular flexibility index (Phi) is 4.32. The molecule has 1 fully saturated rings. The highest BCUT2D eigenvalue weighted by Crippen LogP contribution is 2.32. The molecule has 0 aliphatic heterocycles. The molecule has 14 heavy (non-hydrogen) atoms. The van der Waals surface area contributed by atoms with E-state index in [1.807, 2.05) is 0 Å². The van der Waals surface area contributed by atoms with Crippen molar-refractivity contribution >= 4 is 23.1 Å². The van der Waals surface area contributed by atoms with E-state index < -0.39 is 0 Å². The Balaban J connectivity index is 2.37. The van der Waals surface area contributed by atoms with Gasteiger partial charge in [-0.1, -0.05) is 19.1 Å². The van der Waals surface area contributed by atoms with Gasteiger partial charge in [0.2, 0.25) is 5.91 Å². The first-order valence-corrected chi connectivity index (χ1v) is 5.60. The lowest BCUT2D eigenvalue weighted by molar-refractivity contribution is -0.130. The molecular formula is C10H18N2OS. The highest BCUT2D eigenvalue weighted by atomic mass is 32.1. The van der Waals surface area contributed by atoms with Gasteiger partial charge in [0.25, 0.3) is 0 Å². The summed E-state index contributed by atoms with van der Waals surface area (Å²) in [4.78, 5) is 13.9. The van der Waals surface area contributed by atoms with Gasteiger partial charge in [-0.15, -0.1) is 0 Å². The van der Waals surface area contributed by atoms with Crippen LogP contribution in [-0.4, -0.2) is 28.9 Å². The van der Waals surface area contributed by atoms with Crippen molar-refractivity contribution in [3.8, 4) is 0 Å². The highest BCUT2D eigenvalue weighted by molar-refractivity contribution is 7.80. The third-order valence-corrected chi connectivity index (χ3v) is 2.48. The summed E-state index contributed by atoms with van der Waals surface area (Å²) < 4.78 is 0. The average Bonchev–Trinajstić information content (AvgIpc) is 2.86. The average molecular weight is 214 g/mol. The van der Waals surface area contributed by atoms with E-state index >= 15 is 0 Å². The van der Waals surface area contributed by atoms with Gasteiger partial charge in [-0.2, -0.15) is 0 Å². The molecule has 3 nitrogen and oxygen atoms in total. The van der Waals surface area contributed by atoms with E-state index in [0.29, 0.717) is 23.9 Å². The van der Waals surface area contributed by atoms with Gasteiger partial charge in [-0.05, 0) is 25.2 Å². The van der Waals surface area contributed by atoms with Crippen LogP contribution in [0.2, 0.25) is 0 Å². The van der Waals surface area contributed by atoms with Crippen LogP contribution in [0, 0.1) is 5.92 Å². The standard InChI is InChI=1S/C10H18N2OS/c1-2-5-12(7-9(11)14)10(13)6-8-3-4-8/h8H,2-7H2,1H3,(H2,11,14). The molecule has 1 aliphatic carbocycles. The molecule has 80 valence electrons. The molecule has 1 aliphatic rings. The van der Waals surface area contributed by atoms with Gasteiger partial charge in [0.1, 0.15) is 0 Å². The summed E-state index contributed by atoms with van der Waals surface area (Å²) >= 11 is 4.82. The van der Waals surface area contributed by atoms with Crippen molar-refractivity contribution in [3.05, 3.63) is 0 Å². The van der Waals surface area contributed by atoms with Gasteiger partial charge >= 0.3 is 0 Å². The van der Waals surface area contributed by atoms with Gasteiger partial charge in [-0.25, -0.2) is 0 Å². The first-order chi connectivity index (χ1) is 6.63. The maximum Gasteiger partial charge on any atom is 0.223 e. The molecule has 0 unspecified atom stereocenters. The lowest BCUT2D eigenvalue weighted by Crippen LogP contribution is -2.38. The quantitative estimate of drug-likeness (QED) is 0.678. The topological polar surface area (TPSA) is 46.3 Å². The molecule has 0 saturated heterocycles. The number of nitrogens with zero attached hydrogens (tertiary/aromatic N) is 1. The molecule has 2 N–H and O–H groups in total. The molecule has 0 aromatic carbocycles. The van der Waals surface area contributed by atoms with Gasteiger partial charge in [0.15, 0.2) is 0 Å². The van der Waals surface area contributed by atoms with Crippen molar-refractivity contribution in [2.24, 2.45) is 11.7 Å². The van der Waals surface area contributed by atoms with E-state index in [9.17, 15) is 4.79 Å². The molecule has 0 bridgehead atoms. The van der Waals surface area contributed by atoms with Crippen LogP contribution in [-0.2, 0) is 4.79 Å². The minimum atomic E-state index is 0.210. The lowest BCUT2D eigenvalue weighted by atomic mass is 10.2. The van der Waals surface area contributed by atoms with E-state index in [-0.39, 0.29) is 5.91 Å². The Morgan fingerprint density at radius 3 is 2.64 bits per heavy atom. The second kappa shape index (κ2) is 5.29. The van der Waals surface area contributed by atoms with E-state index in [4.69, 9.17) is 18.0 Å². The molecular weight excluding hydrogens is 196 g/mol. The summed E-state index contributed by atoms with van der Waals surface area (Å²) in [5, 5.41) is 0. The van der Waals surface area contributed by atoms with E-state index in [1.54, 1.807) is 4.90 Å². The van der Waals surface area contributed by atoms with Gasteiger partial charge in [-0.3, -0.25) is 4.79 Å². The Hall–Kier alpha value is -0.640. The fraction of sp³-hybridized carbons (Fsp3) is 0.800. The van der Waals surface area contributed by atoms with Crippen LogP contribution in [0.4, 0.5) is 0 Å². The second-order valence-electron chi connectivity index (χ2n) is 3.93. The van der Waals surface area contributed by atoms with E-state index in [2.05, 4.69) is 6.92 Å². The van der Waals surface area contributed by atoms with Crippen LogP contribution >= 0.6 is 12.2 Å². The number of rotatable bonds is 6. The molecule has 0 aromatic rings. The van der Waals surface area contributed by atoms with Gasteiger partial charge < -0.3 is 10.6 Å². The number of hydrogen-bond acceptors (Lipinski definition) is 2. The third-order valence-electron chi connectivity index (χ3n) is 2.35. The summed E-state index contributed by atoms with van der Waals surface area (Å²) in [5.74, 6) is 0.843. The summed E-state index contributed by atoms with van der Waals surface area (Å²) in [6.45, 7) is 3.26. The van der Waals surface area contributed by atoms with E-state index in [1.165, 1.54) is 12.8 Å². The van der Waals surface area contributed by atoms with Crippen molar-refractivity contribution < 1.29 is 4.79 Å². The largest absolute Gasteiger partial charge is 0.392 e. The lowest BCUT2D eigenvalue weighted by Gasteiger charge is -2.21. The highest BCUT2D eigenvalue weighted by Gasteiger charge is 2.26. The predicted octanol–water partition coefficient (Wildman–Crippen LogP) is 1.31. The van der Waals surface area contributed by atoms with Crippen molar-refractivity contribution in [2.45, 2.75) is 32.6 Å². The van der Waals surface area contributed by atoms with Crippen molar-refractivity contribution in [2.75, 3.05) is 13.1 Å². The summed E-state index contributed by atoms with van der Waals surface area (Å²) in [7, 11) is 0. The fourth-order valence-corrected chi connectivity index (χ4v) is 1.60. The monoisotopic (exact) mass is 214 g/mol. The normalized spacial score (nSPS) is 15.2. The van der Waals surface area contributed by atoms with Gasteiger partial charge in [0.05, 0.1) is 11.5 Å². The summed E-state index contributed by atoms with van der Waals surface area (Å²) in [5.41, 5.74) is 5.45. The minimum absolute atomic E-state index is 0.210. The van der Waals surface area contributed by atoms with Crippen LogP contribution in [0.15, 0.2) is 0 Å². The number of hydrogen-bond donors (Lipinski definition) is 1. The van der Waals surface area contributed by atoms with Crippen molar-refractivity contribution in [3.63, 3.8) is 0 Å². The third kappa shape index (κ3) is 4.05. The number of carbonyl (C=O) groups excluding carboxylic acids is 1. The molecule has 0 spiro atoms. The Bertz CT molecular complexity index is 226. The molecule has 0 heterocycles. The number of carbonyl (C=O) groups is 1. The molecule has 0 atom stereocenters. The zero-order chi connectivity index (χ0) is 10.6. The maximum atomic E-state index is 11.7. The zero-order valence-corrected chi connectivity index (χ0v) is 9.48. The predicted molar refractivity (Wildman–Crippen MR) is 61.0 cm³/mol. The SMILES string of the molecule is CCCN(CC(N)=S)C(=O)CC1CC1. The summed E-state index contributed by atoms with van der Waals surface area (Å²) in [6.07, 6.45) is 4.05. The molecule has 1 rings (SSSR count). The smallest absolute Gasteiger partial charge is 0.223 e. The van der Waals surface area contributed by atoms with Crippen LogP contribution < -0.4 is 5.73 Å². The second-order valence-corrected chi connectivity index (χ2v) is 4.45. The zero-order valence-electron chi connectivity index (χ0n) is 8.66. The minimum Gasteiger partial charge on any atom is -0.392 e. The first-order valence-electron chi connectivity index (χ1n) is 5.19. The Morgan fingerprint density at radius 2 is 2.21 bits per heavy atom. The van der Waals surface area contributed by atoms with Crippen LogP contribution in [0.25, 0.3) is 0 Å². The number of thiocarbonyl (C=S) groups is 1. The van der Waals surface area contributed by atoms with Crippen LogP contribution in [0.1, 0.15) is 32.6 Å². The maximum absolute atomic E-state index is 11.7. The molecule has 4 heteroatoms. The molecule has 1 amide bonds. The van der Waals surface area contributed by atoms with Gasteiger partial charge in [0, 0.05) is 13.0 Å². The fourth-order valence-electron chi connectivity index (χ4n) is 1.45. The number of nitrogens with two attached hydrogens (primary N) is 1. The van der Waals surface area contributed by atoms with Crippen molar-refractivity contribution in [1.82, 2.24) is 4.90 Å². The van der Waals surface area contributed by atoms with E-state index in [0.717, 1.165) is 13.0 Å². The Labute approximate surface area is 90.6 Å². The van der Waals surface area contributed by atoms with Crippen molar-refractivity contribution in [1.29, 1.82) is 0 Å². The summed E-state index contributed by atoms with van der Waals surface area (Å²) in [6, 6.07) is 0.